The zero-order valence-electron chi connectivity index (χ0n) is 22.1. The zero-order valence-corrected chi connectivity index (χ0v) is 22.1. The number of aliphatic carboxylic acids is 1. The number of carboxylic acid groups (broad SMARTS) is 1. The number of halogens is 3. The summed E-state index contributed by atoms with van der Waals surface area (Å²) in [6, 6.07) is 7.85. The van der Waals surface area contributed by atoms with E-state index in [1.54, 1.807) is 4.90 Å². The van der Waals surface area contributed by atoms with Crippen molar-refractivity contribution in [2.75, 3.05) is 6.54 Å². The minimum Gasteiger partial charge on any atom is -0.487 e. The molecule has 210 valence electrons. The standard InChI is InChI=1S/C24H34N4O3.C2HF3O2/c1-14(2)24(5)11-18(16-8-6-7-9-19(16)31-24)26-21(30)17-10-15(17)13-28-20(29)12-23(3,4)27-22(28)25;3-2(4,5)1(6)7/h6-9,14-15,17-18H,10-13H2,1-5H3,(H2,25,27)(H,26,30);(H,6,7)/t15-,17+,18?,24?;/m0./s1. The largest absolute Gasteiger partial charge is 0.490 e. The van der Waals surface area contributed by atoms with Gasteiger partial charge in [0.1, 0.15) is 11.4 Å². The molecule has 1 aromatic rings. The average molecular weight is 541 g/mol. The van der Waals surface area contributed by atoms with Crippen molar-refractivity contribution in [1.82, 2.24) is 10.2 Å². The minimum atomic E-state index is -5.08. The van der Waals surface area contributed by atoms with E-state index in [4.69, 9.17) is 20.4 Å². The lowest BCUT2D eigenvalue weighted by molar-refractivity contribution is -0.192. The third-order valence-corrected chi connectivity index (χ3v) is 7.28. The molecule has 1 aromatic carbocycles. The van der Waals surface area contributed by atoms with Crippen LogP contribution in [-0.2, 0) is 14.4 Å². The van der Waals surface area contributed by atoms with Crippen molar-refractivity contribution in [1.29, 1.82) is 0 Å². The first-order valence-electron chi connectivity index (χ1n) is 12.5. The van der Waals surface area contributed by atoms with Crippen LogP contribution in [0.3, 0.4) is 0 Å². The van der Waals surface area contributed by atoms with Gasteiger partial charge in [-0.3, -0.25) is 14.5 Å². The Balaban J connectivity index is 0.000000505. The SMILES string of the molecule is CC(C)C1(C)CC(NC(=O)[C@@H]2C[C@H]2CN2C(=O)CC(C)(C)N=C2N)c2ccccc2O1.O=C(O)C(F)(F)F. The average Bonchev–Trinajstić information content (AvgIpc) is 3.55. The van der Waals surface area contributed by atoms with Gasteiger partial charge in [0.2, 0.25) is 11.8 Å². The van der Waals surface area contributed by atoms with Gasteiger partial charge < -0.3 is 20.9 Å². The lowest BCUT2D eigenvalue weighted by atomic mass is 9.81. The Morgan fingerprint density at radius 2 is 1.87 bits per heavy atom. The second-order valence-electron chi connectivity index (χ2n) is 11.2. The van der Waals surface area contributed by atoms with Crippen LogP contribution in [0.5, 0.6) is 5.75 Å². The number of para-hydroxylation sites is 1. The number of guanidine groups is 1. The van der Waals surface area contributed by atoms with Crippen LogP contribution in [0.2, 0.25) is 0 Å². The van der Waals surface area contributed by atoms with Gasteiger partial charge in [-0.2, -0.15) is 13.2 Å². The Labute approximate surface area is 219 Å². The number of carboxylic acids is 1. The zero-order chi connectivity index (χ0) is 28.6. The Hall–Kier alpha value is -3.31. The highest BCUT2D eigenvalue weighted by Gasteiger charge is 2.48. The van der Waals surface area contributed by atoms with Crippen molar-refractivity contribution in [3.05, 3.63) is 29.8 Å². The van der Waals surface area contributed by atoms with Crippen LogP contribution in [0.1, 0.15) is 65.5 Å². The number of nitrogens with zero attached hydrogens (tertiary/aromatic N) is 2. The van der Waals surface area contributed by atoms with Crippen molar-refractivity contribution in [2.45, 2.75) is 77.2 Å². The Bertz CT molecular complexity index is 1120. The van der Waals surface area contributed by atoms with E-state index in [1.807, 2.05) is 38.1 Å². The third-order valence-electron chi connectivity index (χ3n) is 7.28. The monoisotopic (exact) mass is 540 g/mol. The van der Waals surface area contributed by atoms with Crippen molar-refractivity contribution < 1.29 is 37.4 Å². The van der Waals surface area contributed by atoms with Gasteiger partial charge in [-0.15, -0.1) is 0 Å². The van der Waals surface area contributed by atoms with Crippen LogP contribution >= 0.6 is 0 Å². The summed E-state index contributed by atoms with van der Waals surface area (Å²) >= 11 is 0. The maximum Gasteiger partial charge on any atom is 0.490 e. The number of carbonyl (C=O) groups is 3. The molecule has 1 aliphatic carbocycles. The molecule has 4 atom stereocenters. The Morgan fingerprint density at radius 1 is 1.26 bits per heavy atom. The number of carbonyl (C=O) groups excluding carboxylic acids is 2. The van der Waals surface area contributed by atoms with E-state index in [0.29, 0.717) is 18.9 Å². The second kappa shape index (κ2) is 10.5. The lowest BCUT2D eigenvalue weighted by Crippen LogP contribution is -2.50. The number of hydrogen-bond acceptors (Lipinski definition) is 6. The molecule has 4 rings (SSSR count). The first kappa shape index (κ1) is 29.2. The molecule has 0 bridgehead atoms. The molecule has 4 N–H and O–H groups in total. The maximum absolute atomic E-state index is 13.1. The molecule has 3 aliphatic rings. The number of aliphatic imine (C=N–C) groups is 1. The van der Waals surface area contributed by atoms with Crippen LogP contribution in [0.25, 0.3) is 0 Å². The Kier molecular flexibility index (Phi) is 8.05. The van der Waals surface area contributed by atoms with E-state index in [2.05, 4.69) is 31.1 Å². The molecule has 1 fully saturated rings. The highest BCUT2D eigenvalue weighted by molar-refractivity contribution is 5.99. The number of hydrogen-bond donors (Lipinski definition) is 3. The summed E-state index contributed by atoms with van der Waals surface area (Å²) < 4.78 is 38.0. The topological polar surface area (TPSA) is 134 Å². The number of fused-ring (bicyclic) bond motifs is 1. The lowest BCUT2D eigenvalue weighted by Gasteiger charge is -2.42. The number of benzene rings is 1. The summed E-state index contributed by atoms with van der Waals surface area (Å²) in [6.07, 6.45) is -3.26. The predicted molar refractivity (Wildman–Crippen MR) is 133 cm³/mol. The fourth-order valence-electron chi connectivity index (χ4n) is 4.63. The van der Waals surface area contributed by atoms with E-state index >= 15 is 0 Å². The van der Waals surface area contributed by atoms with E-state index < -0.39 is 17.7 Å². The predicted octanol–water partition coefficient (Wildman–Crippen LogP) is 3.64. The van der Waals surface area contributed by atoms with Gasteiger partial charge in [0.05, 0.1) is 18.0 Å². The molecule has 2 unspecified atom stereocenters. The van der Waals surface area contributed by atoms with E-state index in [0.717, 1.165) is 24.2 Å². The fourth-order valence-corrected chi connectivity index (χ4v) is 4.63. The summed E-state index contributed by atoms with van der Waals surface area (Å²) in [5.41, 5.74) is 6.27. The normalized spacial score (nSPS) is 27.8. The quantitative estimate of drug-likeness (QED) is 0.522. The molecule has 2 amide bonds. The summed E-state index contributed by atoms with van der Waals surface area (Å²) in [7, 11) is 0. The second-order valence-corrected chi connectivity index (χ2v) is 11.2. The summed E-state index contributed by atoms with van der Waals surface area (Å²) in [5, 5.41) is 10.4. The van der Waals surface area contributed by atoms with Crippen LogP contribution in [0.4, 0.5) is 13.2 Å². The van der Waals surface area contributed by atoms with Gasteiger partial charge in [0, 0.05) is 24.4 Å². The molecule has 9 nitrogen and oxygen atoms in total. The van der Waals surface area contributed by atoms with Crippen molar-refractivity contribution in [3.8, 4) is 5.75 Å². The molecule has 12 heteroatoms. The van der Waals surface area contributed by atoms with E-state index in [1.165, 1.54) is 0 Å². The highest BCUT2D eigenvalue weighted by Crippen LogP contribution is 2.45. The van der Waals surface area contributed by atoms with Crippen LogP contribution < -0.4 is 15.8 Å². The van der Waals surface area contributed by atoms with Gasteiger partial charge in [-0.1, -0.05) is 32.0 Å². The van der Waals surface area contributed by atoms with E-state index in [-0.39, 0.29) is 41.3 Å². The van der Waals surface area contributed by atoms with Gasteiger partial charge >= 0.3 is 12.1 Å². The molecule has 1 saturated carbocycles. The Morgan fingerprint density at radius 3 is 2.42 bits per heavy atom. The number of nitrogens with one attached hydrogen (secondary N) is 1. The van der Waals surface area contributed by atoms with Crippen LogP contribution in [0.15, 0.2) is 29.3 Å². The van der Waals surface area contributed by atoms with Crippen molar-refractivity contribution in [3.63, 3.8) is 0 Å². The van der Waals surface area contributed by atoms with Gasteiger partial charge in [-0.25, -0.2) is 9.79 Å². The summed E-state index contributed by atoms with van der Waals surface area (Å²) in [4.78, 5) is 40.4. The molecule has 38 heavy (non-hydrogen) atoms. The first-order chi connectivity index (χ1) is 17.4. The molecular weight excluding hydrogens is 505 g/mol. The first-order valence-corrected chi connectivity index (χ1v) is 12.5. The van der Waals surface area contributed by atoms with Crippen molar-refractivity contribution >= 4 is 23.7 Å². The molecule has 0 saturated heterocycles. The summed E-state index contributed by atoms with van der Waals surface area (Å²) in [5.74, 6) is -1.31. The van der Waals surface area contributed by atoms with Gasteiger partial charge in [0.15, 0.2) is 5.96 Å². The molecule has 0 aromatic heterocycles. The number of ether oxygens (including phenoxy) is 1. The molecular formula is C26H35F3N4O5. The maximum atomic E-state index is 13.1. The number of alkyl halides is 3. The molecule has 0 radical (unpaired) electrons. The smallest absolute Gasteiger partial charge is 0.487 e. The molecule has 0 spiro atoms. The van der Waals surface area contributed by atoms with Crippen molar-refractivity contribution in [2.24, 2.45) is 28.5 Å². The fraction of sp³-hybridized carbons (Fsp3) is 0.615. The third kappa shape index (κ3) is 6.76. The van der Waals surface area contributed by atoms with Gasteiger partial charge in [0.25, 0.3) is 0 Å². The number of rotatable bonds is 5. The van der Waals surface area contributed by atoms with E-state index in [9.17, 15) is 22.8 Å². The minimum absolute atomic E-state index is 0.0189. The summed E-state index contributed by atoms with van der Waals surface area (Å²) in [6.45, 7) is 10.7. The molecule has 2 heterocycles. The van der Waals surface area contributed by atoms with Gasteiger partial charge in [-0.05, 0) is 45.1 Å². The number of amides is 2. The number of nitrogens with two attached hydrogens (primary N) is 1. The highest BCUT2D eigenvalue weighted by atomic mass is 19.4. The van der Waals surface area contributed by atoms with Crippen LogP contribution in [-0.4, -0.2) is 57.6 Å². The molecule has 2 aliphatic heterocycles. The van der Waals surface area contributed by atoms with Crippen LogP contribution in [0, 0.1) is 17.8 Å².